The number of ether oxygens (including phenoxy) is 2. The molecular weight excluding hydrogens is 362 g/mol. The molecule has 1 aromatic rings. The summed E-state index contributed by atoms with van der Waals surface area (Å²) in [6.45, 7) is 8.65. The molecule has 2 aliphatic heterocycles. The maximum Gasteiger partial charge on any atom is 0.337 e. The lowest BCUT2D eigenvalue weighted by Gasteiger charge is -2.40. The van der Waals surface area contributed by atoms with Crippen LogP contribution in [0.5, 0.6) is 0 Å². The van der Waals surface area contributed by atoms with E-state index >= 15 is 0 Å². The molecule has 0 N–H and O–H groups in total. The van der Waals surface area contributed by atoms with Crippen LogP contribution in [0.15, 0.2) is 42.0 Å². The molecule has 1 aliphatic carbocycles. The van der Waals surface area contributed by atoms with E-state index in [1.54, 1.807) is 0 Å². The maximum atomic E-state index is 12.7. The van der Waals surface area contributed by atoms with Crippen LogP contribution in [0, 0.1) is 17.8 Å². The van der Waals surface area contributed by atoms with Crippen molar-refractivity contribution in [3.8, 4) is 0 Å². The lowest BCUT2D eigenvalue weighted by molar-refractivity contribution is -0.198. The summed E-state index contributed by atoms with van der Waals surface area (Å²) >= 11 is 0. The number of hydrogen-bond acceptors (Lipinski definition) is 4. The van der Waals surface area contributed by atoms with Crippen molar-refractivity contribution in [1.29, 1.82) is 0 Å². The zero-order valence-electron chi connectivity index (χ0n) is 18.0. The third-order valence-electron chi connectivity index (χ3n) is 6.94. The van der Waals surface area contributed by atoms with Crippen LogP contribution >= 0.6 is 0 Å². The maximum absolute atomic E-state index is 12.7. The molecule has 0 radical (unpaired) electrons. The summed E-state index contributed by atoms with van der Waals surface area (Å²) in [5.41, 5.74) is 2.06. The minimum Gasteiger partial charge on any atom is -0.430 e. The molecule has 0 spiro atoms. The van der Waals surface area contributed by atoms with Crippen LogP contribution in [0.2, 0.25) is 0 Å². The zero-order valence-corrected chi connectivity index (χ0v) is 18.0. The molecular formula is C25H35NO3. The van der Waals surface area contributed by atoms with Gasteiger partial charge in [-0.15, -0.1) is 0 Å². The lowest BCUT2D eigenvalue weighted by Crippen LogP contribution is -2.46. The number of allylic oxidation sites excluding steroid dienone is 1. The number of esters is 1. The standard InChI is InChI=1S/C25H35NO3/c1-17(2)20-13-12-18(3)15-22(20)28-25-23-21(24(27)29-25)11-7-8-14-26(23)16-19-9-5-4-6-10-19/h4-6,9-11,17-18,20,22-23,25H,7-8,12-16H2,1-3H3/t18-,20+,22-,23-,25-/m1/s1. The molecule has 4 rings (SSSR count). The van der Waals surface area contributed by atoms with Crippen molar-refractivity contribution in [3.05, 3.63) is 47.5 Å². The van der Waals surface area contributed by atoms with E-state index < -0.39 is 6.29 Å². The second kappa shape index (κ2) is 9.01. The van der Waals surface area contributed by atoms with Gasteiger partial charge in [0.1, 0.15) is 6.04 Å². The number of nitrogens with zero attached hydrogens (tertiary/aromatic N) is 1. The van der Waals surface area contributed by atoms with Crippen molar-refractivity contribution in [2.24, 2.45) is 17.8 Å². The Bertz CT molecular complexity index is 729. The number of carbonyl (C=O) groups is 1. The van der Waals surface area contributed by atoms with Crippen LogP contribution < -0.4 is 0 Å². The van der Waals surface area contributed by atoms with E-state index in [9.17, 15) is 4.79 Å². The van der Waals surface area contributed by atoms with E-state index in [1.165, 1.54) is 18.4 Å². The fourth-order valence-corrected chi connectivity index (χ4v) is 5.31. The first-order valence-electron chi connectivity index (χ1n) is 11.4. The van der Waals surface area contributed by atoms with Gasteiger partial charge in [0.2, 0.25) is 6.29 Å². The molecule has 1 saturated carbocycles. The number of hydrogen-bond donors (Lipinski definition) is 0. The third-order valence-corrected chi connectivity index (χ3v) is 6.94. The lowest BCUT2D eigenvalue weighted by atomic mass is 9.75. The van der Waals surface area contributed by atoms with E-state index in [2.05, 4.69) is 56.0 Å². The third kappa shape index (κ3) is 4.59. The molecule has 0 bridgehead atoms. The quantitative estimate of drug-likeness (QED) is 0.660. The molecule has 0 amide bonds. The highest BCUT2D eigenvalue weighted by Gasteiger charge is 2.47. The molecule has 4 heteroatoms. The highest BCUT2D eigenvalue weighted by molar-refractivity contribution is 5.92. The second-order valence-corrected chi connectivity index (χ2v) is 9.48. The molecule has 158 valence electrons. The summed E-state index contributed by atoms with van der Waals surface area (Å²) in [5, 5.41) is 0. The number of carbonyl (C=O) groups excluding carboxylic acids is 1. The Kier molecular flexibility index (Phi) is 6.41. The molecule has 0 aromatic heterocycles. The van der Waals surface area contributed by atoms with Crippen LogP contribution in [-0.2, 0) is 20.8 Å². The first-order valence-corrected chi connectivity index (χ1v) is 11.4. The summed E-state index contributed by atoms with van der Waals surface area (Å²) in [6.07, 6.45) is 7.26. The fourth-order valence-electron chi connectivity index (χ4n) is 5.31. The van der Waals surface area contributed by atoms with E-state index in [0.717, 1.165) is 37.9 Å². The van der Waals surface area contributed by atoms with E-state index in [-0.39, 0.29) is 18.1 Å². The first kappa shape index (κ1) is 20.6. The minimum absolute atomic E-state index is 0.102. The Hall–Kier alpha value is -1.65. The topological polar surface area (TPSA) is 38.8 Å². The minimum atomic E-state index is -0.493. The summed E-state index contributed by atoms with van der Waals surface area (Å²) in [7, 11) is 0. The van der Waals surface area contributed by atoms with Gasteiger partial charge in [-0.2, -0.15) is 0 Å². The molecule has 1 saturated heterocycles. The first-order chi connectivity index (χ1) is 14.0. The molecule has 0 unspecified atom stereocenters. The van der Waals surface area contributed by atoms with Crippen molar-refractivity contribution in [2.45, 2.75) is 77.9 Å². The predicted octanol–water partition coefficient (Wildman–Crippen LogP) is 4.94. The van der Waals surface area contributed by atoms with Crippen LogP contribution in [-0.4, -0.2) is 35.8 Å². The van der Waals surface area contributed by atoms with Crippen molar-refractivity contribution in [2.75, 3.05) is 6.54 Å². The number of benzene rings is 1. The molecule has 4 nitrogen and oxygen atoms in total. The molecule has 29 heavy (non-hydrogen) atoms. The van der Waals surface area contributed by atoms with Gasteiger partial charge in [0.05, 0.1) is 11.7 Å². The SMILES string of the molecule is CC(C)[C@@H]1CC[C@@H](C)C[C@H]1O[C@@H]1OC(=O)C2=CCCCN(Cc3ccccc3)[C@H]21. The fraction of sp³-hybridized carbons (Fsp3) is 0.640. The van der Waals surface area contributed by atoms with Gasteiger partial charge in [-0.3, -0.25) is 4.90 Å². The Labute approximate surface area is 175 Å². The smallest absolute Gasteiger partial charge is 0.337 e. The normalized spacial score (nSPS) is 33.2. The Balaban J connectivity index is 1.56. The van der Waals surface area contributed by atoms with Crippen molar-refractivity contribution in [3.63, 3.8) is 0 Å². The zero-order chi connectivity index (χ0) is 20.4. The van der Waals surface area contributed by atoms with Gasteiger partial charge in [-0.05, 0) is 55.5 Å². The van der Waals surface area contributed by atoms with Gasteiger partial charge in [0, 0.05) is 6.54 Å². The van der Waals surface area contributed by atoms with Crippen LogP contribution in [0.25, 0.3) is 0 Å². The Morgan fingerprint density at radius 2 is 2.00 bits per heavy atom. The summed E-state index contributed by atoms with van der Waals surface area (Å²) < 4.78 is 12.5. The Morgan fingerprint density at radius 3 is 2.76 bits per heavy atom. The van der Waals surface area contributed by atoms with Gasteiger partial charge >= 0.3 is 5.97 Å². The van der Waals surface area contributed by atoms with Gasteiger partial charge in [0.25, 0.3) is 0 Å². The van der Waals surface area contributed by atoms with Crippen LogP contribution in [0.4, 0.5) is 0 Å². The van der Waals surface area contributed by atoms with Crippen LogP contribution in [0.3, 0.4) is 0 Å². The molecule has 3 aliphatic rings. The largest absolute Gasteiger partial charge is 0.430 e. The van der Waals surface area contributed by atoms with Gasteiger partial charge < -0.3 is 9.47 Å². The van der Waals surface area contributed by atoms with E-state index in [1.807, 2.05) is 6.07 Å². The van der Waals surface area contributed by atoms with Gasteiger partial charge in [-0.25, -0.2) is 4.79 Å². The highest BCUT2D eigenvalue weighted by atomic mass is 16.7. The van der Waals surface area contributed by atoms with Crippen molar-refractivity contribution < 1.29 is 14.3 Å². The number of rotatable bonds is 5. The molecule has 5 atom stereocenters. The van der Waals surface area contributed by atoms with Gasteiger partial charge in [0.15, 0.2) is 0 Å². The highest BCUT2D eigenvalue weighted by Crippen LogP contribution is 2.39. The van der Waals surface area contributed by atoms with E-state index in [4.69, 9.17) is 9.47 Å². The summed E-state index contributed by atoms with van der Waals surface area (Å²) in [5.74, 6) is 1.59. The average Bonchev–Trinajstić information content (AvgIpc) is 2.86. The second-order valence-electron chi connectivity index (χ2n) is 9.48. The summed E-state index contributed by atoms with van der Waals surface area (Å²) in [4.78, 5) is 15.1. The number of cyclic esters (lactones) is 1. The Morgan fingerprint density at radius 1 is 1.21 bits per heavy atom. The summed E-state index contributed by atoms with van der Waals surface area (Å²) in [6, 6.07) is 10.4. The predicted molar refractivity (Wildman–Crippen MR) is 114 cm³/mol. The molecule has 2 heterocycles. The van der Waals surface area contributed by atoms with Crippen molar-refractivity contribution >= 4 is 5.97 Å². The van der Waals surface area contributed by atoms with Gasteiger partial charge in [-0.1, -0.05) is 63.6 Å². The van der Waals surface area contributed by atoms with E-state index in [0.29, 0.717) is 17.8 Å². The number of fused-ring (bicyclic) bond motifs is 1. The van der Waals surface area contributed by atoms with Crippen LogP contribution in [0.1, 0.15) is 58.4 Å². The molecule has 1 aromatic carbocycles. The van der Waals surface area contributed by atoms with Crippen molar-refractivity contribution in [1.82, 2.24) is 4.90 Å². The average molecular weight is 398 g/mol. The monoisotopic (exact) mass is 397 g/mol. The molecule has 2 fully saturated rings.